The van der Waals surface area contributed by atoms with Gasteiger partial charge < -0.3 is 10.2 Å². The van der Waals surface area contributed by atoms with Crippen molar-refractivity contribution < 1.29 is 4.79 Å². The minimum atomic E-state index is -0.0641. The number of rotatable bonds is 6. The van der Waals surface area contributed by atoms with Gasteiger partial charge in [-0.3, -0.25) is 4.79 Å². The van der Waals surface area contributed by atoms with Gasteiger partial charge in [0.15, 0.2) is 5.82 Å². The molecule has 1 aromatic carbocycles. The van der Waals surface area contributed by atoms with Crippen LogP contribution in [0.25, 0.3) is 5.82 Å². The van der Waals surface area contributed by atoms with E-state index in [9.17, 15) is 4.79 Å². The third kappa shape index (κ3) is 4.48. The van der Waals surface area contributed by atoms with E-state index in [0.717, 1.165) is 22.8 Å². The number of benzene rings is 1. The molecule has 28 heavy (non-hydrogen) atoms. The summed E-state index contributed by atoms with van der Waals surface area (Å²) in [6, 6.07) is 9.00. The van der Waals surface area contributed by atoms with E-state index < -0.39 is 0 Å². The molecule has 0 aliphatic rings. The SMILES string of the molecule is Cc1nn(-c2cc(N(C)C)ncn2)c(C)c1CCC(=O)Nc1cccc(Cl)c1. The van der Waals surface area contributed by atoms with Crippen molar-refractivity contribution in [3.8, 4) is 5.82 Å². The van der Waals surface area contributed by atoms with Crippen molar-refractivity contribution in [3.63, 3.8) is 0 Å². The summed E-state index contributed by atoms with van der Waals surface area (Å²) < 4.78 is 1.80. The van der Waals surface area contributed by atoms with E-state index >= 15 is 0 Å². The van der Waals surface area contributed by atoms with Gasteiger partial charge in [0.2, 0.25) is 5.91 Å². The molecule has 0 aliphatic carbocycles. The van der Waals surface area contributed by atoms with Gasteiger partial charge in [-0.15, -0.1) is 0 Å². The molecule has 0 aliphatic heterocycles. The average molecular weight is 399 g/mol. The van der Waals surface area contributed by atoms with Crippen molar-refractivity contribution in [1.29, 1.82) is 0 Å². The predicted molar refractivity (Wildman–Crippen MR) is 111 cm³/mol. The van der Waals surface area contributed by atoms with Crippen LogP contribution in [-0.4, -0.2) is 39.8 Å². The number of aryl methyl sites for hydroxylation is 1. The highest BCUT2D eigenvalue weighted by Gasteiger charge is 2.16. The van der Waals surface area contributed by atoms with Gasteiger partial charge in [-0.1, -0.05) is 17.7 Å². The monoisotopic (exact) mass is 398 g/mol. The first-order valence-corrected chi connectivity index (χ1v) is 9.33. The molecule has 0 bridgehead atoms. The molecule has 0 radical (unpaired) electrons. The molecule has 0 spiro atoms. The quantitative estimate of drug-likeness (QED) is 0.686. The zero-order chi connectivity index (χ0) is 20.3. The molecule has 0 saturated heterocycles. The summed E-state index contributed by atoms with van der Waals surface area (Å²) in [6.45, 7) is 3.93. The van der Waals surface area contributed by atoms with Crippen LogP contribution >= 0.6 is 11.6 Å². The van der Waals surface area contributed by atoms with Gasteiger partial charge in [0.1, 0.15) is 12.1 Å². The van der Waals surface area contributed by atoms with Crippen LogP contribution in [0.4, 0.5) is 11.5 Å². The average Bonchev–Trinajstić information content (AvgIpc) is 2.94. The third-order valence-corrected chi connectivity index (χ3v) is 4.70. The Hall–Kier alpha value is -2.93. The fourth-order valence-corrected chi connectivity index (χ4v) is 3.18. The first-order chi connectivity index (χ1) is 13.3. The molecule has 3 rings (SSSR count). The molecule has 7 nitrogen and oxygen atoms in total. The van der Waals surface area contributed by atoms with Crippen LogP contribution in [0.15, 0.2) is 36.7 Å². The standard InChI is InChI=1S/C20H23ClN6O/c1-13-17(8-9-20(28)24-16-7-5-6-15(21)10-16)14(2)27(25-13)19-11-18(26(3)4)22-12-23-19/h5-7,10-12H,8-9H2,1-4H3,(H,24,28). The Kier molecular flexibility index (Phi) is 5.94. The number of aromatic nitrogens is 4. The summed E-state index contributed by atoms with van der Waals surface area (Å²) in [7, 11) is 3.86. The number of carbonyl (C=O) groups is 1. The topological polar surface area (TPSA) is 75.9 Å². The number of nitrogens with zero attached hydrogens (tertiary/aromatic N) is 5. The van der Waals surface area contributed by atoms with Crippen LogP contribution in [0.2, 0.25) is 5.02 Å². The smallest absolute Gasteiger partial charge is 0.224 e. The summed E-state index contributed by atoms with van der Waals surface area (Å²) in [6.07, 6.45) is 2.47. The van der Waals surface area contributed by atoms with Crippen molar-refractivity contribution in [2.75, 3.05) is 24.3 Å². The van der Waals surface area contributed by atoms with Gasteiger partial charge in [-0.25, -0.2) is 14.6 Å². The van der Waals surface area contributed by atoms with Gasteiger partial charge >= 0.3 is 0 Å². The fraction of sp³-hybridized carbons (Fsp3) is 0.300. The normalized spacial score (nSPS) is 10.8. The number of hydrogen-bond donors (Lipinski definition) is 1. The van der Waals surface area contributed by atoms with Gasteiger partial charge in [0, 0.05) is 43.0 Å². The Bertz CT molecular complexity index is 998. The Labute approximate surface area is 169 Å². The highest BCUT2D eigenvalue weighted by atomic mass is 35.5. The molecule has 8 heteroatoms. The van der Waals surface area contributed by atoms with Crippen LogP contribution in [-0.2, 0) is 11.2 Å². The van der Waals surface area contributed by atoms with E-state index in [1.54, 1.807) is 22.9 Å². The lowest BCUT2D eigenvalue weighted by molar-refractivity contribution is -0.116. The molecule has 2 aromatic heterocycles. The summed E-state index contributed by atoms with van der Waals surface area (Å²) in [5, 5.41) is 8.08. The minimum absolute atomic E-state index is 0.0641. The maximum atomic E-state index is 12.3. The van der Waals surface area contributed by atoms with Crippen molar-refractivity contribution in [2.24, 2.45) is 0 Å². The molecule has 0 saturated carbocycles. The number of carbonyl (C=O) groups excluding carboxylic acids is 1. The fourth-order valence-electron chi connectivity index (χ4n) is 2.99. The highest BCUT2D eigenvalue weighted by molar-refractivity contribution is 6.30. The number of nitrogens with one attached hydrogen (secondary N) is 1. The Morgan fingerprint density at radius 1 is 1.21 bits per heavy atom. The molecular formula is C20H23ClN6O. The maximum absolute atomic E-state index is 12.3. The molecule has 1 N–H and O–H groups in total. The summed E-state index contributed by atoms with van der Waals surface area (Å²) in [4.78, 5) is 22.8. The predicted octanol–water partition coefficient (Wildman–Crippen LogP) is 3.57. The van der Waals surface area contributed by atoms with E-state index in [4.69, 9.17) is 11.6 Å². The molecule has 3 aromatic rings. The summed E-state index contributed by atoms with van der Waals surface area (Å²) in [5.41, 5.74) is 3.60. The third-order valence-electron chi connectivity index (χ3n) is 4.47. The molecule has 2 heterocycles. The zero-order valence-electron chi connectivity index (χ0n) is 16.4. The molecule has 0 unspecified atom stereocenters. The van der Waals surface area contributed by atoms with Crippen LogP contribution in [0.5, 0.6) is 0 Å². The maximum Gasteiger partial charge on any atom is 0.224 e. The van der Waals surface area contributed by atoms with E-state index in [1.165, 1.54) is 6.33 Å². The van der Waals surface area contributed by atoms with E-state index in [0.29, 0.717) is 29.4 Å². The van der Waals surface area contributed by atoms with Crippen molar-refractivity contribution in [2.45, 2.75) is 26.7 Å². The van der Waals surface area contributed by atoms with E-state index in [1.807, 2.05) is 45.0 Å². The number of anilines is 2. The second-order valence-corrected chi connectivity index (χ2v) is 7.18. The Morgan fingerprint density at radius 3 is 2.71 bits per heavy atom. The van der Waals surface area contributed by atoms with Crippen LogP contribution < -0.4 is 10.2 Å². The van der Waals surface area contributed by atoms with Crippen LogP contribution in [0, 0.1) is 13.8 Å². The van der Waals surface area contributed by atoms with E-state index in [-0.39, 0.29) is 5.91 Å². The lowest BCUT2D eigenvalue weighted by Gasteiger charge is -2.12. The largest absolute Gasteiger partial charge is 0.363 e. The molecular weight excluding hydrogens is 376 g/mol. The zero-order valence-corrected chi connectivity index (χ0v) is 17.2. The molecule has 0 atom stereocenters. The van der Waals surface area contributed by atoms with Crippen LogP contribution in [0.1, 0.15) is 23.4 Å². The Balaban J connectivity index is 1.73. The number of hydrogen-bond acceptors (Lipinski definition) is 5. The second-order valence-electron chi connectivity index (χ2n) is 6.75. The summed E-state index contributed by atoms with van der Waals surface area (Å²) >= 11 is 5.96. The van der Waals surface area contributed by atoms with Crippen molar-refractivity contribution in [1.82, 2.24) is 19.7 Å². The van der Waals surface area contributed by atoms with Crippen molar-refractivity contribution in [3.05, 3.63) is 58.6 Å². The second kappa shape index (κ2) is 8.39. The lowest BCUT2D eigenvalue weighted by Crippen LogP contribution is -2.13. The number of amides is 1. The van der Waals surface area contributed by atoms with Gasteiger partial charge in [-0.05, 0) is 44.0 Å². The summed E-state index contributed by atoms with van der Waals surface area (Å²) in [5.74, 6) is 1.44. The molecule has 146 valence electrons. The van der Waals surface area contributed by atoms with Crippen molar-refractivity contribution >= 4 is 29.0 Å². The van der Waals surface area contributed by atoms with Gasteiger partial charge in [-0.2, -0.15) is 5.10 Å². The minimum Gasteiger partial charge on any atom is -0.363 e. The molecule has 0 fully saturated rings. The van der Waals surface area contributed by atoms with Gasteiger partial charge in [0.25, 0.3) is 0 Å². The van der Waals surface area contributed by atoms with Crippen LogP contribution in [0.3, 0.4) is 0 Å². The van der Waals surface area contributed by atoms with E-state index in [2.05, 4.69) is 20.4 Å². The first-order valence-electron chi connectivity index (χ1n) is 8.95. The Morgan fingerprint density at radius 2 is 2.00 bits per heavy atom. The highest BCUT2D eigenvalue weighted by Crippen LogP contribution is 2.20. The van der Waals surface area contributed by atoms with Gasteiger partial charge in [0.05, 0.1) is 5.69 Å². The first kappa shape index (κ1) is 19.8. The lowest BCUT2D eigenvalue weighted by atomic mass is 10.1. The number of halogens is 1. The molecule has 1 amide bonds.